The zero-order valence-corrected chi connectivity index (χ0v) is 20.2. The molecule has 0 saturated heterocycles. The molecule has 2 aromatic heterocycles. The molecule has 7 heteroatoms. The molecule has 178 valence electrons. The van der Waals surface area contributed by atoms with E-state index in [9.17, 15) is 14.4 Å². The minimum Gasteiger partial charge on any atom is -0.448 e. The predicted molar refractivity (Wildman–Crippen MR) is 136 cm³/mol. The number of nitrogens with zero attached hydrogens (tertiary/aromatic N) is 2. The Balaban J connectivity index is 1.76. The van der Waals surface area contributed by atoms with Crippen molar-refractivity contribution in [3.05, 3.63) is 94.0 Å². The number of esters is 1. The molecular weight excluding hydrogens is 442 g/mol. The van der Waals surface area contributed by atoms with Crippen LogP contribution in [0.3, 0.4) is 0 Å². The molecule has 0 aliphatic carbocycles. The third-order valence-corrected chi connectivity index (χ3v) is 5.89. The smallest absolute Gasteiger partial charge is 0.356 e. The quantitative estimate of drug-likeness (QED) is 0.410. The number of fused-ring (bicyclic) bond motifs is 1. The molecule has 0 aliphatic heterocycles. The van der Waals surface area contributed by atoms with Crippen molar-refractivity contribution < 1.29 is 14.3 Å². The molecule has 1 N–H and O–H groups in total. The van der Waals surface area contributed by atoms with Gasteiger partial charge in [-0.25, -0.2) is 9.78 Å². The molecule has 0 bridgehead atoms. The lowest BCUT2D eigenvalue weighted by molar-refractivity contribution is -0.124. The lowest BCUT2D eigenvalue weighted by atomic mass is 9.96. The van der Waals surface area contributed by atoms with E-state index in [2.05, 4.69) is 10.3 Å². The number of hydrogen-bond acceptors (Lipinski definition) is 5. The van der Waals surface area contributed by atoms with Crippen LogP contribution in [0.1, 0.15) is 35.1 Å². The van der Waals surface area contributed by atoms with Gasteiger partial charge in [-0.15, -0.1) is 0 Å². The van der Waals surface area contributed by atoms with Gasteiger partial charge in [0.2, 0.25) is 0 Å². The summed E-state index contributed by atoms with van der Waals surface area (Å²) in [4.78, 5) is 43.8. The van der Waals surface area contributed by atoms with Crippen LogP contribution in [0.2, 0.25) is 0 Å². The maximum Gasteiger partial charge on any atom is 0.356 e. The van der Waals surface area contributed by atoms with Crippen LogP contribution in [0.5, 0.6) is 0 Å². The van der Waals surface area contributed by atoms with E-state index in [1.54, 1.807) is 38.2 Å². The van der Waals surface area contributed by atoms with E-state index in [0.717, 1.165) is 16.8 Å². The Morgan fingerprint density at radius 2 is 1.66 bits per heavy atom. The van der Waals surface area contributed by atoms with Gasteiger partial charge in [-0.1, -0.05) is 61.0 Å². The number of carbonyl (C=O) groups excluding carboxylic acids is 2. The summed E-state index contributed by atoms with van der Waals surface area (Å²) in [6.45, 7) is 5.55. The number of carbonyl (C=O) groups is 2. The third kappa shape index (κ3) is 4.84. The number of amides is 1. The second-order valence-electron chi connectivity index (χ2n) is 8.46. The maximum absolute atomic E-state index is 13.5. The van der Waals surface area contributed by atoms with E-state index in [-0.39, 0.29) is 17.7 Å². The first kappa shape index (κ1) is 23.9. The second kappa shape index (κ2) is 9.93. The van der Waals surface area contributed by atoms with Crippen molar-refractivity contribution >= 4 is 28.5 Å². The average Bonchev–Trinajstić information content (AvgIpc) is 2.85. The number of rotatable bonds is 6. The average molecular weight is 470 g/mol. The minimum atomic E-state index is -1.06. The van der Waals surface area contributed by atoms with Crippen molar-refractivity contribution in [1.82, 2.24) is 9.55 Å². The van der Waals surface area contributed by atoms with E-state index in [1.807, 2.05) is 56.3 Å². The van der Waals surface area contributed by atoms with Gasteiger partial charge >= 0.3 is 5.97 Å². The zero-order chi connectivity index (χ0) is 25.1. The number of anilines is 1. The standard InChI is InChI=1S/C28H27N3O4/c1-5-22(26(32)30-23-12-8-9-18(3)29-23)35-28(34)25-24(19-15-13-17(2)14-16-19)20-10-6-7-11-21(20)27(33)31(25)4/h6-16,22H,5H2,1-4H3,(H,29,30,32). The molecule has 0 saturated carbocycles. The van der Waals surface area contributed by atoms with Crippen molar-refractivity contribution in [2.45, 2.75) is 33.3 Å². The van der Waals surface area contributed by atoms with E-state index >= 15 is 0 Å². The summed E-state index contributed by atoms with van der Waals surface area (Å²) in [6, 6.07) is 20.1. The number of pyridine rings is 2. The molecule has 4 rings (SSSR count). The van der Waals surface area contributed by atoms with Crippen LogP contribution >= 0.6 is 0 Å². The summed E-state index contributed by atoms with van der Waals surface area (Å²) in [6.07, 6.45) is -0.803. The largest absolute Gasteiger partial charge is 0.448 e. The van der Waals surface area contributed by atoms with Gasteiger partial charge < -0.3 is 14.6 Å². The Hall–Kier alpha value is -4.26. The van der Waals surface area contributed by atoms with E-state index in [1.165, 1.54) is 4.57 Å². The Bertz CT molecular complexity index is 1470. The van der Waals surface area contributed by atoms with Crippen LogP contribution in [0.15, 0.2) is 71.5 Å². The highest BCUT2D eigenvalue weighted by molar-refractivity contribution is 6.07. The van der Waals surface area contributed by atoms with Gasteiger partial charge in [0.15, 0.2) is 6.10 Å². The zero-order valence-electron chi connectivity index (χ0n) is 20.2. The molecule has 0 spiro atoms. The molecule has 7 nitrogen and oxygen atoms in total. The van der Waals surface area contributed by atoms with E-state index < -0.39 is 18.0 Å². The summed E-state index contributed by atoms with van der Waals surface area (Å²) in [7, 11) is 1.54. The van der Waals surface area contributed by atoms with Crippen molar-refractivity contribution in [2.24, 2.45) is 7.05 Å². The van der Waals surface area contributed by atoms with Crippen LogP contribution in [0, 0.1) is 13.8 Å². The van der Waals surface area contributed by atoms with Crippen molar-refractivity contribution in [2.75, 3.05) is 5.32 Å². The highest BCUT2D eigenvalue weighted by atomic mass is 16.5. The maximum atomic E-state index is 13.5. The van der Waals surface area contributed by atoms with E-state index in [0.29, 0.717) is 22.2 Å². The molecule has 2 heterocycles. The highest BCUT2D eigenvalue weighted by Crippen LogP contribution is 2.31. The Morgan fingerprint density at radius 1 is 0.971 bits per heavy atom. The fraction of sp³-hybridized carbons (Fsp3) is 0.214. The monoisotopic (exact) mass is 469 g/mol. The summed E-state index contributed by atoms with van der Waals surface area (Å²) in [5.74, 6) is -0.852. The van der Waals surface area contributed by atoms with Crippen LogP contribution in [0.25, 0.3) is 21.9 Å². The first-order chi connectivity index (χ1) is 16.8. The van der Waals surface area contributed by atoms with Gasteiger partial charge in [0.25, 0.3) is 11.5 Å². The molecule has 0 aliphatic rings. The van der Waals surface area contributed by atoms with Gasteiger partial charge in [-0.05, 0) is 49.4 Å². The van der Waals surface area contributed by atoms with Crippen molar-refractivity contribution in [3.8, 4) is 11.1 Å². The summed E-state index contributed by atoms with van der Waals surface area (Å²) >= 11 is 0. The van der Waals surface area contributed by atoms with Crippen LogP contribution < -0.4 is 10.9 Å². The summed E-state index contributed by atoms with van der Waals surface area (Å²) in [5, 5.41) is 3.85. The summed E-state index contributed by atoms with van der Waals surface area (Å²) in [5.41, 5.74) is 2.96. The number of ether oxygens (including phenoxy) is 1. The molecule has 35 heavy (non-hydrogen) atoms. The van der Waals surface area contributed by atoms with Gasteiger partial charge in [0, 0.05) is 23.7 Å². The SMILES string of the molecule is CCC(OC(=O)c1c(-c2ccc(C)cc2)c2ccccc2c(=O)n1C)C(=O)Nc1cccc(C)n1. The van der Waals surface area contributed by atoms with E-state index in [4.69, 9.17) is 4.74 Å². The second-order valence-corrected chi connectivity index (χ2v) is 8.46. The number of aromatic nitrogens is 2. The number of aryl methyl sites for hydroxylation is 2. The molecule has 0 radical (unpaired) electrons. The fourth-order valence-electron chi connectivity index (χ4n) is 4.04. The first-order valence-electron chi connectivity index (χ1n) is 11.4. The van der Waals surface area contributed by atoms with Gasteiger partial charge in [-0.3, -0.25) is 9.59 Å². The number of benzene rings is 2. The Kier molecular flexibility index (Phi) is 6.78. The van der Waals surface area contributed by atoms with Crippen LogP contribution in [-0.2, 0) is 16.6 Å². The summed E-state index contributed by atoms with van der Waals surface area (Å²) < 4.78 is 6.98. The van der Waals surface area contributed by atoms with Crippen molar-refractivity contribution in [1.29, 1.82) is 0 Å². The van der Waals surface area contributed by atoms with Crippen LogP contribution in [0.4, 0.5) is 5.82 Å². The topological polar surface area (TPSA) is 90.3 Å². The molecular formula is C28H27N3O4. The molecule has 2 aromatic carbocycles. The van der Waals surface area contributed by atoms with Crippen molar-refractivity contribution in [3.63, 3.8) is 0 Å². The van der Waals surface area contributed by atoms with Gasteiger partial charge in [0.1, 0.15) is 11.5 Å². The van der Waals surface area contributed by atoms with Gasteiger partial charge in [-0.2, -0.15) is 0 Å². The first-order valence-corrected chi connectivity index (χ1v) is 11.4. The molecule has 0 fully saturated rings. The molecule has 4 aromatic rings. The molecule has 1 amide bonds. The molecule has 1 atom stereocenters. The predicted octanol–water partition coefficient (Wildman–Crippen LogP) is 4.79. The molecule has 1 unspecified atom stereocenters. The normalized spacial score (nSPS) is 11.8. The minimum absolute atomic E-state index is 0.0949. The highest BCUT2D eigenvalue weighted by Gasteiger charge is 2.28. The Labute approximate surface area is 203 Å². The van der Waals surface area contributed by atoms with Gasteiger partial charge in [0.05, 0.1) is 0 Å². The lowest BCUT2D eigenvalue weighted by Crippen LogP contribution is -2.34. The Morgan fingerprint density at radius 3 is 2.31 bits per heavy atom. The number of nitrogens with one attached hydrogen (secondary N) is 1. The number of hydrogen-bond donors (Lipinski definition) is 1. The van der Waals surface area contributed by atoms with Crippen LogP contribution in [-0.4, -0.2) is 27.5 Å². The fourth-order valence-corrected chi connectivity index (χ4v) is 4.04. The third-order valence-electron chi connectivity index (χ3n) is 5.89. The lowest BCUT2D eigenvalue weighted by Gasteiger charge is -2.20.